The average molecular weight is 880 g/mol. The predicted octanol–water partition coefficient (Wildman–Crippen LogP) is -2.21. The molecule has 2 aliphatic rings. The predicted molar refractivity (Wildman–Crippen MR) is 180 cm³/mol. The van der Waals surface area contributed by atoms with Gasteiger partial charge in [0.1, 0.15) is 11.8 Å². The van der Waals surface area contributed by atoms with Crippen molar-refractivity contribution in [3.63, 3.8) is 0 Å². The number of Topliss-reactive ketones (excluding diaryl/α,β-unsaturated/α-hetero) is 1. The zero-order valence-electron chi connectivity index (χ0n) is 28.7. The molecule has 17 nitrogen and oxygen atoms in total. The van der Waals surface area contributed by atoms with Crippen LogP contribution in [0.25, 0.3) is 0 Å². The molecule has 0 saturated carbocycles. The van der Waals surface area contributed by atoms with E-state index in [9.17, 15) is 54.1 Å². The number of aliphatic carboxylic acids is 3. The molecule has 1 aromatic carbocycles. The van der Waals surface area contributed by atoms with E-state index >= 15 is 0 Å². The summed E-state index contributed by atoms with van der Waals surface area (Å²) in [6.45, 7) is 3.73. The maximum absolute atomic E-state index is 13.1. The number of hydrogen-bond acceptors (Lipinski definition) is 12. The van der Waals surface area contributed by atoms with Crippen molar-refractivity contribution >= 4 is 42.6 Å². The molecule has 0 spiro atoms. The van der Waals surface area contributed by atoms with E-state index in [0.29, 0.717) is 57.5 Å². The summed E-state index contributed by atoms with van der Waals surface area (Å²) in [5.41, 5.74) is 1.14. The molecule has 2 amide bonds. The van der Waals surface area contributed by atoms with Crippen LogP contribution in [0.2, 0.25) is 0 Å². The Labute approximate surface area is 326 Å². The Hall–Kier alpha value is -2.70. The third-order valence-electron chi connectivity index (χ3n) is 8.96. The van der Waals surface area contributed by atoms with Gasteiger partial charge in [-0.1, -0.05) is 12.1 Å². The van der Waals surface area contributed by atoms with Crippen molar-refractivity contribution in [1.29, 1.82) is 0 Å². The van der Waals surface area contributed by atoms with Gasteiger partial charge in [-0.25, -0.2) is 0 Å². The van der Waals surface area contributed by atoms with Crippen LogP contribution in [0.3, 0.4) is 0 Å². The van der Waals surface area contributed by atoms with Gasteiger partial charge < -0.3 is 35.6 Å². The summed E-state index contributed by atoms with van der Waals surface area (Å²) in [4.78, 5) is 81.4. The molecule has 0 aliphatic carbocycles. The molecule has 19 heteroatoms. The van der Waals surface area contributed by atoms with Crippen LogP contribution in [0.5, 0.6) is 0 Å². The molecule has 2 aliphatic heterocycles. The summed E-state index contributed by atoms with van der Waals surface area (Å²) in [5, 5.41) is 49.9. The number of aryl methyl sites for hydroxylation is 1. The van der Waals surface area contributed by atoms with E-state index in [1.54, 1.807) is 45.9 Å². The smallest absolute Gasteiger partial charge is 0.475 e. The maximum atomic E-state index is 13.1. The fourth-order valence-electron chi connectivity index (χ4n) is 6.19. The first-order valence-electron chi connectivity index (χ1n) is 16.8. The average Bonchev–Trinajstić information content (AvgIpc) is 3.55. The van der Waals surface area contributed by atoms with Crippen molar-refractivity contribution in [3.8, 4) is 0 Å². The summed E-state index contributed by atoms with van der Waals surface area (Å²) in [5.74, 6) is -4.71. The summed E-state index contributed by atoms with van der Waals surface area (Å²) in [6, 6.07) is 5.79. The normalized spacial score (nSPS) is 19.2. The van der Waals surface area contributed by atoms with Gasteiger partial charge in [-0.3, -0.25) is 48.4 Å². The summed E-state index contributed by atoms with van der Waals surface area (Å²) < 4.78 is 0. The Morgan fingerprint density at radius 1 is 0.725 bits per heavy atom. The van der Waals surface area contributed by atoms with Crippen LogP contribution in [-0.2, 0) is 30.4 Å². The van der Waals surface area contributed by atoms with Crippen molar-refractivity contribution in [1.82, 2.24) is 29.8 Å². The minimum Gasteiger partial charge on any atom is -0.480 e. The maximum Gasteiger partial charge on any atom is 0.475 e. The Kier molecular flexibility index (Phi) is 19.5. The summed E-state index contributed by atoms with van der Waals surface area (Å²) >= 11 is 0. The number of benzene rings is 1. The third kappa shape index (κ3) is 15.8. The minimum absolute atomic E-state index is 0. The number of carbonyl (C=O) groups is 6. The minimum atomic E-state index is -1.65. The Bertz CT molecular complexity index is 1310. The van der Waals surface area contributed by atoms with Crippen molar-refractivity contribution in [2.45, 2.75) is 44.6 Å². The van der Waals surface area contributed by atoms with Crippen LogP contribution in [-0.4, -0.2) is 190 Å². The number of ketones is 1. The van der Waals surface area contributed by atoms with Crippen molar-refractivity contribution in [2.75, 3.05) is 85.1 Å². The first-order chi connectivity index (χ1) is 23.7. The zero-order chi connectivity index (χ0) is 36.8. The first kappa shape index (κ1) is 44.5. The molecule has 2 heterocycles. The van der Waals surface area contributed by atoms with Crippen molar-refractivity contribution in [2.24, 2.45) is 0 Å². The van der Waals surface area contributed by atoms with E-state index in [1.165, 1.54) is 4.90 Å². The Morgan fingerprint density at radius 2 is 1.16 bits per heavy atom. The molecule has 1 radical (unpaired) electrons. The largest absolute Gasteiger partial charge is 0.480 e. The van der Waals surface area contributed by atoms with Gasteiger partial charge in [-0.15, -0.1) is 0 Å². The van der Waals surface area contributed by atoms with Gasteiger partial charge in [0.2, 0.25) is 5.91 Å². The Balaban J connectivity index is 0.00000901. The van der Waals surface area contributed by atoms with Gasteiger partial charge in [0.25, 0.3) is 5.91 Å². The second-order valence-corrected chi connectivity index (χ2v) is 12.9. The van der Waals surface area contributed by atoms with Gasteiger partial charge in [0, 0.05) is 108 Å². The number of likely N-dealkylation sites (tertiary alicyclic amines) is 1. The van der Waals surface area contributed by atoms with E-state index in [1.807, 2.05) is 4.90 Å². The number of hydrogen-bond donors (Lipinski definition) is 6. The van der Waals surface area contributed by atoms with Gasteiger partial charge in [-0.05, 0) is 43.9 Å². The number of rotatable bonds is 15. The molecular weight excluding hydrogens is 830 g/mol. The van der Waals surface area contributed by atoms with Crippen LogP contribution >= 0.6 is 0 Å². The number of nitrogens with zero attached hydrogens (tertiary/aromatic N) is 5. The monoisotopic (exact) mass is 879 g/mol. The van der Waals surface area contributed by atoms with Gasteiger partial charge in [0.05, 0.1) is 32.1 Å². The number of amides is 2. The van der Waals surface area contributed by atoms with Crippen LogP contribution in [0.1, 0.15) is 42.1 Å². The van der Waals surface area contributed by atoms with Gasteiger partial charge in [0.15, 0.2) is 0 Å². The molecule has 3 rings (SSSR count). The van der Waals surface area contributed by atoms with Crippen molar-refractivity contribution < 1.29 is 91.0 Å². The molecule has 51 heavy (non-hydrogen) atoms. The summed E-state index contributed by atoms with van der Waals surface area (Å²) in [7, 11) is -1.65. The fraction of sp³-hybridized carbons (Fsp3) is 0.625. The second kappa shape index (κ2) is 22.4. The molecule has 0 unspecified atom stereocenters. The molecule has 0 aromatic heterocycles. The van der Waals surface area contributed by atoms with E-state index in [2.05, 4.69) is 5.32 Å². The number of carbonyl (C=O) groups excluding carboxylic acids is 3. The quantitative estimate of drug-likeness (QED) is 0.103. The SMILES string of the molecule is C[C@@H](NC(=O)c1ccc(CCC(=O)CN2CCN(CC(=O)O)CCN(CC(=O)O)CCN(CC(=O)O)CC2)cc1)C(=O)N1CCC[C@H]1B(O)O.[Lu]. The molecule has 0 bridgehead atoms. The number of carboxylic acid groups (broad SMARTS) is 3. The molecule has 2 saturated heterocycles. The van der Waals surface area contributed by atoms with Crippen LogP contribution < -0.4 is 5.32 Å². The molecule has 2 fully saturated rings. The van der Waals surface area contributed by atoms with Crippen LogP contribution in [0.4, 0.5) is 0 Å². The number of nitrogens with one attached hydrogen (secondary N) is 1. The fourth-order valence-corrected chi connectivity index (χ4v) is 6.19. The van der Waals surface area contributed by atoms with Crippen LogP contribution in [0, 0.1) is 36.9 Å². The van der Waals surface area contributed by atoms with Crippen molar-refractivity contribution in [3.05, 3.63) is 35.4 Å². The first-order valence-corrected chi connectivity index (χ1v) is 16.8. The van der Waals surface area contributed by atoms with Gasteiger partial charge in [-0.2, -0.15) is 0 Å². The topological polar surface area (TPSA) is 232 Å². The molecule has 291 valence electrons. The van der Waals surface area contributed by atoms with Gasteiger partial charge >= 0.3 is 25.0 Å². The summed E-state index contributed by atoms with van der Waals surface area (Å²) in [6.07, 6.45) is 1.71. The van der Waals surface area contributed by atoms with E-state index < -0.39 is 48.8 Å². The molecule has 6 N–H and O–H groups in total. The molecule has 1 aromatic rings. The van der Waals surface area contributed by atoms with E-state index in [4.69, 9.17) is 0 Å². The van der Waals surface area contributed by atoms with Crippen LogP contribution in [0.15, 0.2) is 24.3 Å². The van der Waals surface area contributed by atoms with E-state index in [-0.39, 0.29) is 101 Å². The second-order valence-electron chi connectivity index (χ2n) is 12.9. The standard InChI is InChI=1S/C32H49BN6O11.Lu/c1-23(32(48)39-10-2-3-27(39)33(49)50)34-31(47)25-7-4-24(5-8-25)6-9-26(40)19-35-11-13-36(20-28(41)42)15-17-38(22-30(45)46)18-16-37(14-12-35)21-29(43)44;/h4-5,7-8,23,27,49-50H,2-3,6,9-22H2,1H3,(H,34,47)(H,41,42)(H,43,44)(H,45,46);/t23-,27+;/m1./s1. The molecule has 2 atom stereocenters. The zero-order valence-corrected chi connectivity index (χ0v) is 30.4. The number of carboxylic acids is 3. The van der Waals surface area contributed by atoms with E-state index in [0.717, 1.165) is 5.56 Å². The molecular formula is C32H49BLuN6O11. The Morgan fingerprint density at radius 3 is 1.57 bits per heavy atom. The third-order valence-corrected chi connectivity index (χ3v) is 8.96.